The average molecular weight is 489 g/mol. The van der Waals surface area contributed by atoms with Gasteiger partial charge < -0.3 is 10.6 Å². The summed E-state index contributed by atoms with van der Waals surface area (Å²) in [5.74, 6) is 0.166. The van der Waals surface area contributed by atoms with Crippen LogP contribution in [0.25, 0.3) is 16.7 Å². The van der Waals surface area contributed by atoms with E-state index in [0.29, 0.717) is 33.3 Å². The molecule has 1 aliphatic rings. The molecular formula is C25H24N6O3S. The second-order valence-electron chi connectivity index (χ2n) is 8.61. The summed E-state index contributed by atoms with van der Waals surface area (Å²) in [5.41, 5.74) is 4.64. The summed E-state index contributed by atoms with van der Waals surface area (Å²) < 4.78 is 3.29. The van der Waals surface area contributed by atoms with E-state index in [-0.39, 0.29) is 29.8 Å². The van der Waals surface area contributed by atoms with Crippen LogP contribution in [0.4, 0.5) is 11.4 Å². The van der Waals surface area contributed by atoms with E-state index >= 15 is 0 Å². The molecule has 35 heavy (non-hydrogen) atoms. The number of hydrogen-bond donors (Lipinski definition) is 2. The molecule has 1 unspecified atom stereocenters. The quantitative estimate of drug-likeness (QED) is 0.413. The molecule has 1 aliphatic heterocycles. The number of amides is 2. The van der Waals surface area contributed by atoms with Gasteiger partial charge in [-0.05, 0) is 55.3 Å². The molecule has 2 aromatic carbocycles. The minimum atomic E-state index is -0.317. The van der Waals surface area contributed by atoms with Crippen molar-refractivity contribution in [2.45, 2.75) is 38.4 Å². The Bertz CT molecular complexity index is 1540. The molecule has 0 aliphatic carbocycles. The highest BCUT2D eigenvalue weighted by Gasteiger charge is 2.29. The number of aromatic nitrogens is 4. The van der Waals surface area contributed by atoms with Crippen LogP contribution in [0.5, 0.6) is 0 Å². The third-order valence-electron chi connectivity index (χ3n) is 5.99. The molecule has 2 aromatic heterocycles. The molecule has 5 rings (SSSR count). The molecule has 3 heterocycles. The van der Waals surface area contributed by atoms with Crippen LogP contribution in [-0.4, -0.2) is 36.9 Å². The molecular weight excluding hydrogens is 464 g/mol. The van der Waals surface area contributed by atoms with Gasteiger partial charge in [0, 0.05) is 30.5 Å². The maximum Gasteiger partial charge on any atom is 0.265 e. The van der Waals surface area contributed by atoms with Gasteiger partial charge in [0.25, 0.3) is 5.56 Å². The van der Waals surface area contributed by atoms with Gasteiger partial charge in [-0.25, -0.2) is 9.67 Å². The van der Waals surface area contributed by atoms with E-state index < -0.39 is 0 Å². The van der Waals surface area contributed by atoms with Gasteiger partial charge in [0.05, 0.1) is 17.9 Å². The molecule has 178 valence electrons. The molecule has 9 nitrogen and oxygen atoms in total. The number of fused-ring (bicyclic) bond motifs is 2. The smallest absolute Gasteiger partial charge is 0.265 e. The lowest BCUT2D eigenvalue weighted by molar-refractivity contribution is -0.117. The van der Waals surface area contributed by atoms with Gasteiger partial charge in [-0.3, -0.25) is 19.0 Å². The first-order valence-electron chi connectivity index (χ1n) is 11.2. The normalized spacial score (nSPS) is 14.7. The fourth-order valence-corrected chi connectivity index (χ4v) is 5.26. The number of carbonyl (C=O) groups excluding carboxylic acids is 2. The van der Waals surface area contributed by atoms with Gasteiger partial charge >= 0.3 is 0 Å². The molecule has 2 amide bonds. The molecule has 1 atom stereocenters. The molecule has 0 radical (unpaired) electrons. The number of anilines is 2. The Balaban J connectivity index is 1.39. The van der Waals surface area contributed by atoms with Crippen molar-refractivity contribution < 1.29 is 9.59 Å². The lowest BCUT2D eigenvalue weighted by Crippen LogP contribution is -2.27. The first-order valence-corrected chi connectivity index (χ1v) is 12.2. The zero-order valence-electron chi connectivity index (χ0n) is 19.5. The van der Waals surface area contributed by atoms with Gasteiger partial charge in [-0.2, -0.15) is 5.10 Å². The van der Waals surface area contributed by atoms with Crippen molar-refractivity contribution in [1.82, 2.24) is 19.3 Å². The van der Waals surface area contributed by atoms with Crippen molar-refractivity contribution in [3.8, 4) is 5.69 Å². The monoisotopic (exact) mass is 488 g/mol. The van der Waals surface area contributed by atoms with Crippen LogP contribution in [0.15, 0.2) is 58.6 Å². The summed E-state index contributed by atoms with van der Waals surface area (Å²) in [4.78, 5) is 42.2. The van der Waals surface area contributed by atoms with Crippen molar-refractivity contribution in [1.29, 1.82) is 0 Å². The Morgan fingerprint density at radius 3 is 2.60 bits per heavy atom. The maximum atomic E-state index is 13.4. The lowest BCUT2D eigenvalue weighted by Gasteiger charge is -2.14. The minimum absolute atomic E-state index is 0.128. The summed E-state index contributed by atoms with van der Waals surface area (Å²) in [6.07, 6.45) is 1.67. The number of hydrogen-bond acceptors (Lipinski definition) is 6. The molecule has 4 aromatic rings. The van der Waals surface area contributed by atoms with Crippen LogP contribution >= 0.6 is 11.8 Å². The molecule has 0 spiro atoms. The van der Waals surface area contributed by atoms with Gasteiger partial charge in [-0.1, -0.05) is 23.9 Å². The lowest BCUT2D eigenvalue weighted by atomic mass is 10.1. The zero-order chi connectivity index (χ0) is 24.7. The summed E-state index contributed by atoms with van der Waals surface area (Å²) in [6, 6.07) is 12.6. The second-order valence-corrected chi connectivity index (χ2v) is 9.60. The Hall–Kier alpha value is -3.92. The van der Waals surface area contributed by atoms with E-state index in [1.807, 2.05) is 32.0 Å². The summed E-state index contributed by atoms with van der Waals surface area (Å²) in [7, 11) is 0. The average Bonchev–Trinajstić information content (AvgIpc) is 3.40. The van der Waals surface area contributed by atoms with E-state index in [1.54, 1.807) is 39.7 Å². The fourth-order valence-electron chi connectivity index (χ4n) is 4.13. The number of aryl methyl sites for hydroxylation is 2. The Kier molecular flexibility index (Phi) is 5.89. The second kappa shape index (κ2) is 9.03. The van der Waals surface area contributed by atoms with E-state index in [9.17, 15) is 14.4 Å². The third-order valence-corrected chi connectivity index (χ3v) is 7.09. The van der Waals surface area contributed by atoms with Crippen molar-refractivity contribution in [2.75, 3.05) is 16.4 Å². The summed E-state index contributed by atoms with van der Waals surface area (Å²) in [5, 5.41) is 11.0. The van der Waals surface area contributed by atoms with Gasteiger partial charge in [0.2, 0.25) is 11.8 Å². The number of rotatable bonds is 5. The molecule has 0 fully saturated rings. The fraction of sp³-hybridized carbons (Fsp3) is 0.240. The van der Waals surface area contributed by atoms with Crippen LogP contribution < -0.4 is 16.2 Å². The van der Waals surface area contributed by atoms with Crippen LogP contribution in [0, 0.1) is 13.8 Å². The van der Waals surface area contributed by atoms with E-state index in [2.05, 4.69) is 15.7 Å². The van der Waals surface area contributed by atoms with Gasteiger partial charge in [-0.15, -0.1) is 0 Å². The topological polar surface area (TPSA) is 111 Å². The largest absolute Gasteiger partial charge is 0.326 e. The van der Waals surface area contributed by atoms with Crippen LogP contribution in [-0.2, 0) is 9.59 Å². The molecule has 10 heteroatoms. The van der Waals surface area contributed by atoms with E-state index in [1.165, 1.54) is 24.2 Å². The Morgan fingerprint density at radius 1 is 1.09 bits per heavy atom. The highest BCUT2D eigenvalue weighted by molar-refractivity contribution is 7.99. The number of carbonyl (C=O) groups is 2. The number of nitrogens with zero attached hydrogens (tertiary/aromatic N) is 4. The SMILES string of the molecule is CC(=O)Nc1cccc(NC(=O)CC2CSc3nc4c(cnn4-c4ccc(C)c(C)c4)c(=O)n32)c1. The van der Waals surface area contributed by atoms with E-state index in [0.717, 1.165) is 11.3 Å². The minimum Gasteiger partial charge on any atom is -0.326 e. The molecule has 0 saturated carbocycles. The van der Waals surface area contributed by atoms with Gasteiger partial charge in [0.15, 0.2) is 10.8 Å². The highest BCUT2D eigenvalue weighted by atomic mass is 32.2. The first-order chi connectivity index (χ1) is 16.8. The third kappa shape index (κ3) is 4.44. The molecule has 0 saturated heterocycles. The zero-order valence-corrected chi connectivity index (χ0v) is 20.3. The first kappa shape index (κ1) is 22.9. The van der Waals surface area contributed by atoms with Crippen molar-refractivity contribution in [3.63, 3.8) is 0 Å². The van der Waals surface area contributed by atoms with Crippen molar-refractivity contribution in [2.24, 2.45) is 0 Å². The number of thioether (sulfide) groups is 1. The standard InChI is InChI=1S/C25H24N6O3S/c1-14-7-8-19(9-15(14)2)31-23-21(12-26-31)24(34)30-20(13-35-25(30)29-23)11-22(33)28-18-6-4-5-17(10-18)27-16(3)32/h4-10,12,20H,11,13H2,1-3H3,(H,27,32)(H,28,33). The predicted molar refractivity (Wildman–Crippen MR) is 136 cm³/mol. The van der Waals surface area contributed by atoms with Crippen molar-refractivity contribution in [3.05, 3.63) is 70.1 Å². The summed E-state index contributed by atoms with van der Waals surface area (Å²) >= 11 is 1.46. The van der Waals surface area contributed by atoms with Crippen LogP contribution in [0.3, 0.4) is 0 Å². The number of benzene rings is 2. The Morgan fingerprint density at radius 2 is 1.86 bits per heavy atom. The molecule has 2 N–H and O–H groups in total. The van der Waals surface area contributed by atoms with Crippen molar-refractivity contribution >= 4 is 46.0 Å². The van der Waals surface area contributed by atoms with Crippen LogP contribution in [0.2, 0.25) is 0 Å². The highest BCUT2D eigenvalue weighted by Crippen LogP contribution is 2.33. The van der Waals surface area contributed by atoms with E-state index in [4.69, 9.17) is 4.98 Å². The molecule has 0 bridgehead atoms. The van der Waals surface area contributed by atoms with Gasteiger partial charge in [0.1, 0.15) is 5.39 Å². The summed E-state index contributed by atoms with van der Waals surface area (Å²) in [6.45, 7) is 5.51. The van der Waals surface area contributed by atoms with Crippen LogP contribution in [0.1, 0.15) is 30.5 Å². The maximum absolute atomic E-state index is 13.4. The Labute approximate surface area is 205 Å². The number of nitrogens with one attached hydrogen (secondary N) is 2. The predicted octanol–water partition coefficient (Wildman–Crippen LogP) is 3.83.